The molecule has 0 bridgehead atoms. The Hall–Kier alpha value is -1.19. The third kappa shape index (κ3) is 5.98. The second-order valence-corrected chi connectivity index (χ2v) is 4.50. The number of halogens is 4. The molecule has 0 saturated carbocycles. The van der Waals surface area contributed by atoms with Crippen LogP contribution >= 0.6 is 24.0 Å². The van der Waals surface area contributed by atoms with E-state index in [0.29, 0.717) is 13.0 Å². The molecule has 0 aliphatic carbocycles. The number of hydrogen-bond acceptors (Lipinski definition) is 4. The van der Waals surface area contributed by atoms with Gasteiger partial charge in [0.25, 0.3) is 0 Å². The van der Waals surface area contributed by atoms with Gasteiger partial charge in [-0.05, 0) is 24.1 Å². The van der Waals surface area contributed by atoms with Gasteiger partial charge in [-0.25, -0.2) is 0 Å². The molecule has 0 fully saturated rings. The SMILES string of the molecule is CN1CCN=C1NCCc1ccc(OC(F)(F)F)cc1.I. The summed E-state index contributed by atoms with van der Waals surface area (Å²) in [6.45, 7) is 2.39. The van der Waals surface area contributed by atoms with Gasteiger partial charge in [-0.2, -0.15) is 0 Å². The molecule has 4 nitrogen and oxygen atoms in total. The molecule has 1 aliphatic rings. The van der Waals surface area contributed by atoms with Crippen molar-refractivity contribution in [3.05, 3.63) is 29.8 Å². The predicted octanol–water partition coefficient (Wildman–Crippen LogP) is 2.64. The van der Waals surface area contributed by atoms with Gasteiger partial charge in [0.15, 0.2) is 5.96 Å². The van der Waals surface area contributed by atoms with Gasteiger partial charge in [0.05, 0.1) is 6.54 Å². The van der Waals surface area contributed by atoms with Crippen LogP contribution in [0.2, 0.25) is 0 Å². The standard InChI is InChI=1S/C13H16F3N3O.HI/c1-19-9-8-18-12(19)17-7-6-10-2-4-11(5-3-10)20-13(14,15)16;/h2-5H,6-9H2,1H3,(H,17,18);1H. The topological polar surface area (TPSA) is 36.9 Å². The Labute approximate surface area is 138 Å². The molecular weight excluding hydrogens is 398 g/mol. The maximum Gasteiger partial charge on any atom is 0.573 e. The Morgan fingerprint density at radius 1 is 1.29 bits per heavy atom. The zero-order valence-electron chi connectivity index (χ0n) is 11.5. The van der Waals surface area contributed by atoms with E-state index in [1.54, 1.807) is 12.1 Å². The van der Waals surface area contributed by atoms with Crippen molar-refractivity contribution in [1.29, 1.82) is 0 Å². The highest BCUT2D eigenvalue weighted by Crippen LogP contribution is 2.22. The molecule has 0 amide bonds. The van der Waals surface area contributed by atoms with Crippen molar-refractivity contribution in [2.45, 2.75) is 12.8 Å². The zero-order valence-corrected chi connectivity index (χ0v) is 13.8. The number of likely N-dealkylation sites (N-methyl/N-ethyl adjacent to an activating group) is 1. The van der Waals surface area contributed by atoms with Crippen LogP contribution in [0.25, 0.3) is 0 Å². The summed E-state index contributed by atoms with van der Waals surface area (Å²) in [7, 11) is 1.96. The van der Waals surface area contributed by atoms with Gasteiger partial charge in [-0.1, -0.05) is 12.1 Å². The molecule has 1 aliphatic heterocycles. The Morgan fingerprint density at radius 2 is 1.95 bits per heavy atom. The average Bonchev–Trinajstić information content (AvgIpc) is 2.76. The first-order chi connectivity index (χ1) is 9.44. The van der Waals surface area contributed by atoms with Crippen molar-refractivity contribution in [3.8, 4) is 5.75 Å². The largest absolute Gasteiger partial charge is 0.573 e. The minimum absolute atomic E-state index is 0. The van der Waals surface area contributed by atoms with Gasteiger partial charge >= 0.3 is 6.36 Å². The van der Waals surface area contributed by atoms with E-state index in [0.717, 1.165) is 24.6 Å². The molecule has 118 valence electrons. The van der Waals surface area contributed by atoms with E-state index in [9.17, 15) is 13.2 Å². The van der Waals surface area contributed by atoms with Gasteiger partial charge < -0.3 is 15.0 Å². The van der Waals surface area contributed by atoms with Crippen molar-refractivity contribution < 1.29 is 17.9 Å². The minimum atomic E-state index is -4.64. The molecule has 21 heavy (non-hydrogen) atoms. The monoisotopic (exact) mass is 415 g/mol. The Kier molecular flexibility index (Phi) is 6.56. The molecule has 2 rings (SSSR count). The van der Waals surface area contributed by atoms with E-state index in [4.69, 9.17) is 0 Å². The third-order valence-electron chi connectivity index (χ3n) is 2.91. The van der Waals surface area contributed by atoms with Crippen LogP contribution in [0.5, 0.6) is 5.75 Å². The molecule has 1 heterocycles. The number of hydrogen-bond donors (Lipinski definition) is 1. The van der Waals surface area contributed by atoms with Crippen molar-refractivity contribution in [1.82, 2.24) is 10.2 Å². The normalized spacial score (nSPS) is 14.5. The van der Waals surface area contributed by atoms with Crippen LogP contribution in [-0.2, 0) is 6.42 Å². The zero-order chi connectivity index (χ0) is 14.6. The first kappa shape index (κ1) is 17.9. The number of rotatable bonds is 4. The molecule has 1 N–H and O–H groups in total. The van der Waals surface area contributed by atoms with Crippen molar-refractivity contribution in [2.24, 2.45) is 4.99 Å². The second kappa shape index (κ2) is 7.71. The van der Waals surface area contributed by atoms with E-state index in [2.05, 4.69) is 15.0 Å². The van der Waals surface area contributed by atoms with Crippen LogP contribution in [0.3, 0.4) is 0 Å². The average molecular weight is 415 g/mol. The molecule has 0 unspecified atom stereocenters. The van der Waals surface area contributed by atoms with Crippen molar-refractivity contribution >= 4 is 29.9 Å². The highest BCUT2D eigenvalue weighted by atomic mass is 127. The third-order valence-corrected chi connectivity index (χ3v) is 2.91. The van der Waals surface area contributed by atoms with Gasteiger partial charge in [0.2, 0.25) is 0 Å². The van der Waals surface area contributed by atoms with E-state index < -0.39 is 6.36 Å². The smallest absolute Gasteiger partial charge is 0.406 e. The highest BCUT2D eigenvalue weighted by molar-refractivity contribution is 14.0. The predicted molar refractivity (Wildman–Crippen MR) is 85.2 cm³/mol. The van der Waals surface area contributed by atoms with Crippen LogP contribution in [0.4, 0.5) is 13.2 Å². The number of guanidine groups is 1. The molecular formula is C13H17F3IN3O. The fourth-order valence-corrected chi connectivity index (χ4v) is 1.90. The van der Waals surface area contributed by atoms with E-state index in [1.807, 2.05) is 11.9 Å². The second-order valence-electron chi connectivity index (χ2n) is 4.50. The lowest BCUT2D eigenvalue weighted by atomic mass is 10.1. The van der Waals surface area contributed by atoms with Crippen LogP contribution in [0.15, 0.2) is 29.3 Å². The maximum absolute atomic E-state index is 12.0. The van der Waals surface area contributed by atoms with E-state index in [1.165, 1.54) is 12.1 Å². The molecule has 8 heteroatoms. The van der Waals surface area contributed by atoms with Crippen LogP contribution in [0.1, 0.15) is 5.56 Å². The summed E-state index contributed by atoms with van der Waals surface area (Å²) in [4.78, 5) is 6.32. The van der Waals surface area contributed by atoms with Gasteiger partial charge in [0.1, 0.15) is 5.75 Å². The summed E-state index contributed by atoms with van der Waals surface area (Å²) < 4.78 is 39.8. The maximum atomic E-state index is 12.0. The first-order valence-electron chi connectivity index (χ1n) is 6.28. The van der Waals surface area contributed by atoms with Crippen LogP contribution in [-0.4, -0.2) is 43.9 Å². The van der Waals surface area contributed by atoms with Crippen molar-refractivity contribution in [3.63, 3.8) is 0 Å². The van der Waals surface area contributed by atoms with E-state index in [-0.39, 0.29) is 29.7 Å². The van der Waals surface area contributed by atoms with Gasteiger partial charge in [-0.3, -0.25) is 4.99 Å². The van der Waals surface area contributed by atoms with Gasteiger partial charge in [-0.15, -0.1) is 37.1 Å². The first-order valence-corrected chi connectivity index (χ1v) is 6.28. The quantitative estimate of drug-likeness (QED) is 0.769. The number of nitrogens with one attached hydrogen (secondary N) is 1. The minimum Gasteiger partial charge on any atom is -0.406 e. The summed E-state index contributed by atoms with van der Waals surface area (Å²) in [5, 5.41) is 3.20. The summed E-state index contributed by atoms with van der Waals surface area (Å²) in [6.07, 6.45) is -3.94. The number of ether oxygens (including phenoxy) is 1. The lowest BCUT2D eigenvalue weighted by molar-refractivity contribution is -0.274. The fraction of sp³-hybridized carbons (Fsp3) is 0.462. The fourth-order valence-electron chi connectivity index (χ4n) is 1.90. The number of aliphatic imine (C=N–C) groups is 1. The highest BCUT2D eigenvalue weighted by Gasteiger charge is 2.30. The van der Waals surface area contributed by atoms with Crippen LogP contribution < -0.4 is 10.1 Å². The molecule has 0 saturated heterocycles. The molecule has 1 aromatic carbocycles. The van der Waals surface area contributed by atoms with Gasteiger partial charge in [0, 0.05) is 20.1 Å². The Balaban J connectivity index is 0.00000220. The lowest BCUT2D eigenvalue weighted by Crippen LogP contribution is -2.36. The lowest BCUT2D eigenvalue weighted by Gasteiger charge is -2.15. The molecule has 0 spiro atoms. The summed E-state index contributed by atoms with van der Waals surface area (Å²) in [5.41, 5.74) is 0.938. The van der Waals surface area contributed by atoms with Crippen molar-refractivity contribution in [2.75, 3.05) is 26.7 Å². The van der Waals surface area contributed by atoms with E-state index >= 15 is 0 Å². The number of nitrogens with zero attached hydrogens (tertiary/aromatic N) is 2. The summed E-state index contributed by atoms with van der Waals surface area (Å²) in [6, 6.07) is 5.90. The summed E-state index contributed by atoms with van der Waals surface area (Å²) in [5.74, 6) is 0.663. The molecule has 0 radical (unpaired) electrons. The van der Waals surface area contributed by atoms with Crippen LogP contribution in [0, 0.1) is 0 Å². The molecule has 1 aromatic rings. The number of alkyl halides is 3. The Bertz CT molecular complexity index is 477. The Morgan fingerprint density at radius 3 is 2.48 bits per heavy atom. The molecule has 0 aromatic heterocycles. The number of benzene rings is 1. The molecule has 0 atom stereocenters. The summed E-state index contributed by atoms with van der Waals surface area (Å²) >= 11 is 0.